The fourth-order valence-electron chi connectivity index (χ4n) is 2.40. The van der Waals surface area contributed by atoms with Crippen LogP contribution in [0.3, 0.4) is 0 Å². The third-order valence-electron chi connectivity index (χ3n) is 3.53. The quantitative estimate of drug-likeness (QED) is 0.436. The van der Waals surface area contributed by atoms with Crippen LogP contribution in [0.1, 0.15) is 18.4 Å². The van der Waals surface area contributed by atoms with Crippen molar-refractivity contribution in [1.82, 2.24) is 4.83 Å². The zero-order chi connectivity index (χ0) is 20.1. The van der Waals surface area contributed by atoms with E-state index in [1.165, 1.54) is 17.5 Å². The van der Waals surface area contributed by atoms with Crippen LogP contribution in [-0.4, -0.2) is 24.0 Å². The molecule has 0 amide bonds. The van der Waals surface area contributed by atoms with Crippen LogP contribution in [-0.2, 0) is 10.0 Å². The Morgan fingerprint density at radius 1 is 0.963 bits per heavy atom. The van der Waals surface area contributed by atoms with E-state index in [1.54, 1.807) is 34.4 Å². The maximum Gasteiger partial charge on any atom is 0.307 e. The zero-order valence-electron chi connectivity index (χ0n) is 14.1. The zero-order valence-corrected chi connectivity index (χ0v) is 16.5. The van der Waals surface area contributed by atoms with Crippen molar-refractivity contribution in [1.29, 1.82) is 0 Å². The molecule has 2 unspecified atom stereocenters. The van der Waals surface area contributed by atoms with Gasteiger partial charge in [-0.2, -0.15) is 8.42 Å². The molecular formula is C16H17ClN2O6S2. The molecule has 2 atom stereocenters. The summed E-state index contributed by atoms with van der Waals surface area (Å²) in [6.45, 7) is 2.09. The average molecular weight is 433 g/mol. The third kappa shape index (κ3) is 7.11. The van der Waals surface area contributed by atoms with Crippen LogP contribution in [0, 0.1) is 10.2 Å². The lowest BCUT2D eigenvalue weighted by Gasteiger charge is -2.17. The van der Waals surface area contributed by atoms with Gasteiger partial charge in [0.05, 0.1) is 16.1 Å². The molecule has 0 radical (unpaired) electrons. The normalized spacial score (nSPS) is 19.7. The first-order valence-electron chi connectivity index (χ1n) is 7.61. The second-order valence-electron chi connectivity index (χ2n) is 5.51. The molecule has 8 nitrogen and oxygen atoms in total. The average Bonchev–Trinajstić information content (AvgIpc) is 2.94. The van der Waals surface area contributed by atoms with Gasteiger partial charge in [-0.05, 0) is 28.7 Å². The van der Waals surface area contributed by atoms with Crippen molar-refractivity contribution in [2.75, 3.05) is 0 Å². The number of hydrogen-bond acceptors (Lipinski definition) is 7. The first-order chi connectivity index (χ1) is 12.6. The molecule has 0 saturated heterocycles. The summed E-state index contributed by atoms with van der Waals surface area (Å²) in [5.41, 5.74) is 1.18. The Morgan fingerprint density at radius 3 is 1.96 bits per heavy atom. The van der Waals surface area contributed by atoms with Gasteiger partial charge in [0, 0.05) is 0 Å². The lowest BCUT2D eigenvalue weighted by Crippen LogP contribution is -2.68. The van der Waals surface area contributed by atoms with Crippen molar-refractivity contribution in [2.45, 2.75) is 23.0 Å². The number of nitrogens with one attached hydrogen (secondary N) is 1. The summed E-state index contributed by atoms with van der Waals surface area (Å²) in [4.78, 5) is 2.88. The van der Waals surface area contributed by atoms with Gasteiger partial charge in [-0.25, -0.2) is 18.6 Å². The highest BCUT2D eigenvalue weighted by Gasteiger charge is 2.36. The first-order valence-corrected chi connectivity index (χ1v) is 11.2. The smallest absolute Gasteiger partial charge is 0.222 e. The van der Waals surface area contributed by atoms with E-state index in [2.05, 4.69) is 23.9 Å². The van der Waals surface area contributed by atoms with E-state index in [4.69, 9.17) is 18.6 Å². The van der Waals surface area contributed by atoms with Crippen LogP contribution < -0.4 is 23.5 Å². The van der Waals surface area contributed by atoms with E-state index < -0.39 is 20.3 Å². The molecule has 27 heavy (non-hydrogen) atoms. The number of benzene rings is 2. The van der Waals surface area contributed by atoms with E-state index in [1.807, 2.05) is 24.4 Å². The molecule has 0 aliphatic carbocycles. The van der Waals surface area contributed by atoms with Gasteiger partial charge >= 0.3 is 10.0 Å². The topological polar surface area (TPSA) is 141 Å². The minimum absolute atomic E-state index is 0.185. The highest BCUT2D eigenvalue weighted by atomic mass is 35.7. The Morgan fingerprint density at radius 2 is 1.44 bits per heavy atom. The van der Waals surface area contributed by atoms with Gasteiger partial charge in [-0.1, -0.05) is 53.4 Å². The predicted octanol–water partition coefficient (Wildman–Crippen LogP) is -1.96. The number of rotatable bonds is 4. The number of nitrogens with zero attached hydrogens (tertiary/aromatic N) is 1. The summed E-state index contributed by atoms with van der Waals surface area (Å²) >= 11 is 1.48. The van der Waals surface area contributed by atoms with E-state index >= 15 is 0 Å². The second-order valence-corrected chi connectivity index (χ2v) is 9.27. The van der Waals surface area contributed by atoms with E-state index in [0.29, 0.717) is 0 Å². The standard InChI is InChI=1S/C16H17N2O2S2.ClHO4/c1-13-16(14-8-4-2-5-9-14)12-18(21-13)17-22(19,20)15-10-6-3-7-11-15;2-1(3,4)5/h2-13,16-17H,1H3;(H,2,3,4,5)/q+1;/p-1. The van der Waals surface area contributed by atoms with Gasteiger partial charge in [0.15, 0.2) is 18.2 Å². The van der Waals surface area contributed by atoms with Gasteiger partial charge in [0.2, 0.25) is 0 Å². The number of hydrazone groups is 1. The summed E-state index contributed by atoms with van der Waals surface area (Å²) in [5.74, 6) is 0.185. The Bertz CT molecular complexity index is 867. The highest BCUT2D eigenvalue weighted by Crippen LogP contribution is 2.32. The molecule has 0 fully saturated rings. The lowest BCUT2D eigenvalue weighted by atomic mass is 9.98. The minimum atomic E-state index is -4.94. The molecule has 0 aromatic heterocycles. The summed E-state index contributed by atoms with van der Waals surface area (Å²) in [5, 5.41) is 0.265. The van der Waals surface area contributed by atoms with Crippen molar-refractivity contribution < 1.29 is 41.4 Å². The van der Waals surface area contributed by atoms with Gasteiger partial charge in [-0.3, -0.25) is 0 Å². The number of hydrogen-bond donors (Lipinski definition) is 1. The lowest BCUT2D eigenvalue weighted by molar-refractivity contribution is -2.00. The molecule has 1 N–H and O–H groups in total. The molecule has 2 aromatic rings. The Labute approximate surface area is 163 Å². The molecule has 3 rings (SSSR count). The molecule has 0 saturated carbocycles. The van der Waals surface area contributed by atoms with Crippen molar-refractivity contribution in [3.8, 4) is 0 Å². The molecule has 1 aliphatic heterocycles. The van der Waals surface area contributed by atoms with Gasteiger partial charge < -0.3 is 0 Å². The SMILES string of the molecule is CC1S[N+](NS(=O)(=O)c2ccccc2)=CC1c1ccccc1.[O-][Cl+3]([O-])([O-])[O-]. The molecule has 1 aliphatic rings. The first kappa shape index (κ1) is 21.6. The molecule has 0 bridgehead atoms. The van der Waals surface area contributed by atoms with E-state index in [9.17, 15) is 8.42 Å². The van der Waals surface area contributed by atoms with E-state index in [0.717, 1.165) is 0 Å². The van der Waals surface area contributed by atoms with Crippen LogP contribution in [0.5, 0.6) is 0 Å². The maximum absolute atomic E-state index is 12.4. The van der Waals surface area contributed by atoms with Gasteiger partial charge in [0.1, 0.15) is 0 Å². The minimum Gasteiger partial charge on any atom is -0.222 e. The summed E-state index contributed by atoms with van der Waals surface area (Å²) < 4.78 is 60.3. The molecule has 146 valence electrons. The monoisotopic (exact) mass is 432 g/mol. The second kappa shape index (κ2) is 9.02. The Hall–Kier alpha value is -1.66. The molecular weight excluding hydrogens is 416 g/mol. The Kier molecular flexibility index (Phi) is 7.23. The van der Waals surface area contributed by atoms with E-state index in [-0.39, 0.29) is 16.1 Å². The van der Waals surface area contributed by atoms with Gasteiger partial charge in [0.25, 0.3) is 0 Å². The Balaban J connectivity index is 0.000000465. The van der Waals surface area contributed by atoms with Crippen LogP contribution in [0.2, 0.25) is 0 Å². The van der Waals surface area contributed by atoms with Crippen molar-refractivity contribution in [3.63, 3.8) is 0 Å². The van der Waals surface area contributed by atoms with Crippen LogP contribution in [0.4, 0.5) is 0 Å². The van der Waals surface area contributed by atoms with Gasteiger partial charge in [-0.15, -0.1) is 10.2 Å². The summed E-state index contributed by atoms with van der Waals surface area (Å²) in [7, 11) is -8.49. The number of halogens is 1. The van der Waals surface area contributed by atoms with Crippen molar-refractivity contribution in [2.24, 2.45) is 0 Å². The largest absolute Gasteiger partial charge is 0.307 e. The van der Waals surface area contributed by atoms with Crippen LogP contribution >= 0.6 is 11.9 Å². The summed E-state index contributed by atoms with van der Waals surface area (Å²) in [6, 6.07) is 18.5. The molecule has 11 heteroatoms. The fraction of sp³-hybridized carbons (Fsp3) is 0.188. The highest BCUT2D eigenvalue weighted by molar-refractivity contribution is 7.95. The maximum atomic E-state index is 12.4. The fourth-order valence-corrected chi connectivity index (χ4v) is 4.71. The van der Waals surface area contributed by atoms with Crippen LogP contribution in [0.25, 0.3) is 0 Å². The number of hydrazine groups is 1. The van der Waals surface area contributed by atoms with Crippen LogP contribution in [0.15, 0.2) is 65.6 Å². The van der Waals surface area contributed by atoms with Crippen molar-refractivity contribution in [3.05, 3.63) is 66.2 Å². The molecule has 2 aromatic carbocycles. The summed E-state index contributed by atoms with van der Waals surface area (Å²) in [6.07, 6.45) is 1.92. The molecule has 1 heterocycles. The molecule has 0 spiro atoms. The third-order valence-corrected chi connectivity index (χ3v) is 6.04. The van der Waals surface area contributed by atoms with Crippen molar-refractivity contribution >= 4 is 28.2 Å². The predicted molar refractivity (Wildman–Crippen MR) is 89.3 cm³/mol. The number of sulfonamides is 1.